The Kier molecular flexibility index (Phi) is 8.75. The molecule has 0 spiro atoms. The molecule has 298 valence electrons. The Labute approximate surface area is 367 Å². The average molecular weight is 809 g/mol. The molecule has 0 saturated heterocycles. The van der Waals surface area contributed by atoms with Gasteiger partial charge >= 0.3 is 0 Å². The number of allylic oxidation sites excluding steroid dienone is 1. The number of hydrogen-bond donors (Lipinski definition) is 1. The molecule has 3 aliphatic rings. The third kappa shape index (κ3) is 6.10. The van der Waals surface area contributed by atoms with Crippen molar-refractivity contribution in [2.75, 3.05) is 0 Å². The maximum atomic E-state index is 6.91. The summed E-state index contributed by atoms with van der Waals surface area (Å²) in [4.78, 5) is 5.26. The Morgan fingerprint density at radius 3 is 1.68 bits per heavy atom. The second-order valence-corrected chi connectivity index (χ2v) is 16.2. The molecule has 2 aliphatic heterocycles. The average Bonchev–Trinajstić information content (AvgIpc) is 3.68. The minimum absolute atomic E-state index is 0.288. The van der Waals surface area contributed by atoms with E-state index in [0.717, 1.165) is 56.1 Å². The van der Waals surface area contributed by atoms with Crippen LogP contribution in [0.25, 0.3) is 39.1 Å². The van der Waals surface area contributed by atoms with E-state index in [2.05, 4.69) is 224 Å². The van der Waals surface area contributed by atoms with Crippen LogP contribution in [0.2, 0.25) is 0 Å². The van der Waals surface area contributed by atoms with Gasteiger partial charge in [-0.05, 0) is 85.5 Å². The molecular weight excluding hydrogens is 769 g/mol. The van der Waals surface area contributed by atoms with E-state index >= 15 is 0 Å². The first-order valence-electron chi connectivity index (χ1n) is 21.5. The molecule has 0 radical (unpaired) electrons. The first-order chi connectivity index (χ1) is 31.2. The molecule has 1 unspecified atom stereocenters. The highest BCUT2D eigenvalue weighted by atomic mass is 16.6. The maximum absolute atomic E-state index is 6.91. The van der Waals surface area contributed by atoms with Crippen LogP contribution in [-0.4, -0.2) is 5.71 Å². The number of nitrogens with zero attached hydrogens (tertiary/aromatic N) is 1. The Hall–Kier alpha value is -8.21. The number of hydrogen-bond acceptors (Lipinski definition) is 4. The Balaban J connectivity index is 0.872. The summed E-state index contributed by atoms with van der Waals surface area (Å²) in [7, 11) is 0. The van der Waals surface area contributed by atoms with Gasteiger partial charge in [-0.3, -0.25) is 4.99 Å². The van der Waals surface area contributed by atoms with Gasteiger partial charge in [-0.25, -0.2) is 0 Å². The van der Waals surface area contributed by atoms with Gasteiger partial charge in [0, 0.05) is 16.8 Å². The maximum Gasteiger partial charge on any atom is 0.178 e. The lowest BCUT2D eigenvalue weighted by Crippen LogP contribution is -2.28. The summed E-state index contributed by atoms with van der Waals surface area (Å²) in [6, 6.07) is 79.1. The van der Waals surface area contributed by atoms with E-state index in [1.54, 1.807) is 0 Å². The van der Waals surface area contributed by atoms with Gasteiger partial charge in [0.15, 0.2) is 23.0 Å². The molecule has 0 bridgehead atoms. The largest absolute Gasteiger partial charge is 0.449 e. The fraction of sp³-hybridized carbons (Fsp3) is 0.0339. The molecule has 4 heteroatoms. The molecule has 9 aromatic rings. The van der Waals surface area contributed by atoms with Gasteiger partial charge in [-0.1, -0.05) is 206 Å². The van der Waals surface area contributed by atoms with Crippen LogP contribution in [0.3, 0.4) is 0 Å². The molecule has 0 aromatic heterocycles. The molecule has 1 aliphatic carbocycles. The molecule has 1 atom stereocenters. The molecule has 63 heavy (non-hydrogen) atoms. The van der Waals surface area contributed by atoms with E-state index in [0.29, 0.717) is 17.2 Å². The van der Waals surface area contributed by atoms with Crippen molar-refractivity contribution in [3.8, 4) is 56.4 Å². The number of fused-ring (bicyclic) bond motifs is 6. The summed E-state index contributed by atoms with van der Waals surface area (Å²) < 4.78 is 13.7. The summed E-state index contributed by atoms with van der Waals surface area (Å²) in [5.74, 6) is 2.82. The standard InChI is InChI=1S/C59H40N2O2/c1-5-17-40(18-6-1)46-25-13-14-26-47(46)52-38-51(41-19-7-2-8-20-41)60-58(61-52)42-31-29-39(30-32-42)43-33-35-53-55(37-43)62-54-36-34-50-56(57(54)63-53)48-27-15-16-28-49(48)59(50,44-21-9-3-10-22-44)45-23-11-4-12-24-45/h1-38,58,61H. The van der Waals surface area contributed by atoms with Crippen LogP contribution in [0.1, 0.15) is 45.1 Å². The normalized spacial score (nSPS) is 15.2. The van der Waals surface area contributed by atoms with Crippen molar-refractivity contribution < 1.29 is 9.47 Å². The molecule has 12 rings (SSSR count). The SMILES string of the molecule is C1=C(c2ccccc2-c2ccccc2)NC(c2ccc(-c3ccc4c(c3)Oc3ccc5c(c3O4)-c3ccccc3C5(c3ccccc3)c3ccccc3)cc2)N=C1c1ccccc1. The van der Waals surface area contributed by atoms with E-state index < -0.39 is 5.41 Å². The van der Waals surface area contributed by atoms with Crippen LogP contribution in [0.5, 0.6) is 23.0 Å². The van der Waals surface area contributed by atoms with Crippen LogP contribution in [0.15, 0.2) is 236 Å². The summed E-state index contributed by atoms with van der Waals surface area (Å²) in [5.41, 5.74) is 16.2. The molecule has 4 nitrogen and oxygen atoms in total. The Morgan fingerprint density at radius 2 is 0.984 bits per heavy atom. The zero-order chi connectivity index (χ0) is 41.7. The first-order valence-corrected chi connectivity index (χ1v) is 21.5. The molecular formula is C59H40N2O2. The van der Waals surface area contributed by atoms with Gasteiger partial charge in [0.25, 0.3) is 0 Å². The van der Waals surface area contributed by atoms with Gasteiger partial charge in [-0.2, -0.15) is 0 Å². The number of benzene rings is 9. The number of rotatable bonds is 7. The van der Waals surface area contributed by atoms with Crippen LogP contribution < -0.4 is 14.8 Å². The van der Waals surface area contributed by atoms with Crippen molar-refractivity contribution in [1.29, 1.82) is 0 Å². The minimum atomic E-state index is -0.519. The van der Waals surface area contributed by atoms with Crippen molar-refractivity contribution >= 4 is 11.4 Å². The van der Waals surface area contributed by atoms with E-state index in [1.165, 1.54) is 33.4 Å². The lowest BCUT2D eigenvalue weighted by Gasteiger charge is -2.34. The molecule has 1 N–H and O–H groups in total. The highest BCUT2D eigenvalue weighted by molar-refractivity contribution is 6.13. The predicted octanol–water partition coefficient (Wildman–Crippen LogP) is 14.4. The highest BCUT2D eigenvalue weighted by Gasteiger charge is 2.48. The topological polar surface area (TPSA) is 42.8 Å². The van der Waals surface area contributed by atoms with Crippen molar-refractivity contribution in [3.05, 3.63) is 269 Å². The van der Waals surface area contributed by atoms with Crippen molar-refractivity contribution in [3.63, 3.8) is 0 Å². The van der Waals surface area contributed by atoms with Crippen LogP contribution >= 0.6 is 0 Å². The van der Waals surface area contributed by atoms with Crippen molar-refractivity contribution in [1.82, 2.24) is 5.32 Å². The fourth-order valence-electron chi connectivity index (χ4n) is 9.80. The van der Waals surface area contributed by atoms with Crippen LogP contribution in [0, 0.1) is 0 Å². The lowest BCUT2D eigenvalue weighted by molar-refractivity contribution is 0.360. The second-order valence-electron chi connectivity index (χ2n) is 16.2. The van der Waals surface area contributed by atoms with E-state index in [-0.39, 0.29) is 6.17 Å². The van der Waals surface area contributed by atoms with E-state index in [1.807, 2.05) is 12.1 Å². The Morgan fingerprint density at radius 1 is 0.413 bits per heavy atom. The van der Waals surface area contributed by atoms with Crippen LogP contribution in [0.4, 0.5) is 0 Å². The summed E-state index contributed by atoms with van der Waals surface area (Å²) in [5, 5.41) is 3.79. The lowest BCUT2D eigenvalue weighted by atomic mass is 9.68. The van der Waals surface area contributed by atoms with Gasteiger partial charge in [0.2, 0.25) is 0 Å². The quantitative estimate of drug-likeness (QED) is 0.174. The third-order valence-electron chi connectivity index (χ3n) is 12.7. The number of ether oxygens (including phenoxy) is 2. The van der Waals surface area contributed by atoms with Crippen molar-refractivity contribution in [2.45, 2.75) is 11.6 Å². The predicted molar refractivity (Wildman–Crippen MR) is 254 cm³/mol. The van der Waals surface area contributed by atoms with Crippen molar-refractivity contribution in [2.24, 2.45) is 4.99 Å². The van der Waals surface area contributed by atoms with Gasteiger partial charge < -0.3 is 14.8 Å². The zero-order valence-electron chi connectivity index (χ0n) is 34.3. The van der Waals surface area contributed by atoms with E-state index in [4.69, 9.17) is 14.5 Å². The van der Waals surface area contributed by atoms with Gasteiger partial charge in [0.05, 0.1) is 11.1 Å². The summed E-state index contributed by atoms with van der Waals surface area (Å²) in [6.45, 7) is 0. The number of aliphatic imine (C=N–C) groups is 1. The monoisotopic (exact) mass is 808 g/mol. The second kappa shape index (κ2) is 15.1. The summed E-state index contributed by atoms with van der Waals surface area (Å²) >= 11 is 0. The highest BCUT2D eigenvalue weighted by Crippen LogP contribution is 2.62. The molecule has 0 amide bonds. The smallest absolute Gasteiger partial charge is 0.178 e. The zero-order valence-corrected chi connectivity index (χ0v) is 34.3. The minimum Gasteiger partial charge on any atom is -0.449 e. The molecule has 0 saturated carbocycles. The van der Waals surface area contributed by atoms with Crippen LogP contribution in [-0.2, 0) is 5.41 Å². The van der Waals surface area contributed by atoms with Gasteiger partial charge in [-0.15, -0.1) is 0 Å². The van der Waals surface area contributed by atoms with E-state index in [9.17, 15) is 0 Å². The Bertz CT molecular complexity index is 3190. The molecule has 0 fully saturated rings. The number of nitrogens with one attached hydrogen (secondary N) is 1. The first kappa shape index (κ1) is 36.6. The molecule has 9 aromatic carbocycles. The fourth-order valence-corrected chi connectivity index (χ4v) is 9.80. The molecule has 2 heterocycles. The third-order valence-corrected chi connectivity index (χ3v) is 12.7. The van der Waals surface area contributed by atoms with Gasteiger partial charge in [0.1, 0.15) is 6.17 Å². The summed E-state index contributed by atoms with van der Waals surface area (Å²) in [6.07, 6.45) is 1.88.